The molecule has 170 valence electrons. The van der Waals surface area contributed by atoms with Gasteiger partial charge in [-0.15, -0.1) is 0 Å². The van der Waals surface area contributed by atoms with E-state index >= 15 is 0 Å². The first-order valence-electron chi connectivity index (χ1n) is 10.7. The van der Waals surface area contributed by atoms with Gasteiger partial charge >= 0.3 is 0 Å². The molecule has 0 radical (unpaired) electrons. The third-order valence-electron chi connectivity index (χ3n) is 6.47. The van der Waals surface area contributed by atoms with Gasteiger partial charge in [-0.05, 0) is 59.5 Å². The Morgan fingerprint density at radius 1 is 1.00 bits per heavy atom. The number of rotatable bonds is 6. The summed E-state index contributed by atoms with van der Waals surface area (Å²) in [5.74, 6) is -0.451. The first-order chi connectivity index (χ1) is 16.3. The number of fused-ring (bicyclic) bond motifs is 1. The van der Waals surface area contributed by atoms with Crippen LogP contribution in [0, 0.1) is 5.41 Å². The van der Waals surface area contributed by atoms with Crippen LogP contribution in [0.2, 0.25) is 0 Å². The van der Waals surface area contributed by atoms with Crippen molar-refractivity contribution in [3.63, 3.8) is 0 Å². The number of aryl methyl sites for hydroxylation is 1. The number of pyridine rings is 2. The fourth-order valence-corrected chi connectivity index (χ4v) is 4.38. The van der Waals surface area contributed by atoms with E-state index in [1.165, 1.54) is 10.6 Å². The molecule has 2 amide bonds. The van der Waals surface area contributed by atoms with Gasteiger partial charge in [0.15, 0.2) is 0 Å². The van der Waals surface area contributed by atoms with Crippen LogP contribution in [0.1, 0.15) is 17.9 Å². The number of nitrogens with zero attached hydrogens (tertiary/aromatic N) is 2. The van der Waals surface area contributed by atoms with Gasteiger partial charge in [0.25, 0.3) is 0 Å². The lowest BCUT2D eigenvalue weighted by Gasteiger charge is -2.12. The fourth-order valence-electron chi connectivity index (χ4n) is 4.38. The minimum Gasteiger partial charge on any atom is -0.457 e. The number of nitrogens with two attached hydrogens (primary N) is 2. The second-order valence-corrected chi connectivity index (χ2v) is 8.54. The molecular formula is C26H22N4O4. The van der Waals surface area contributed by atoms with Crippen LogP contribution in [0.15, 0.2) is 77.9 Å². The fraction of sp³-hybridized carbons (Fsp3) is 0.154. The van der Waals surface area contributed by atoms with Crippen LogP contribution in [-0.4, -0.2) is 21.4 Å². The van der Waals surface area contributed by atoms with Gasteiger partial charge in [0.1, 0.15) is 16.9 Å². The normalized spacial score (nSPS) is 16.2. The largest absolute Gasteiger partial charge is 0.457 e. The van der Waals surface area contributed by atoms with Gasteiger partial charge in [0.2, 0.25) is 17.4 Å². The van der Waals surface area contributed by atoms with Crippen molar-refractivity contribution in [3.05, 3.63) is 89.0 Å². The van der Waals surface area contributed by atoms with E-state index in [4.69, 9.17) is 16.2 Å². The zero-order valence-electron chi connectivity index (χ0n) is 18.4. The molecule has 0 saturated heterocycles. The van der Waals surface area contributed by atoms with Gasteiger partial charge < -0.3 is 20.8 Å². The maximum atomic E-state index is 11.8. The summed E-state index contributed by atoms with van der Waals surface area (Å²) in [6, 6.07) is 18.1. The second kappa shape index (κ2) is 7.84. The summed E-state index contributed by atoms with van der Waals surface area (Å²) in [5.41, 5.74) is 12.9. The van der Waals surface area contributed by atoms with E-state index < -0.39 is 17.2 Å². The lowest BCUT2D eigenvalue weighted by atomic mass is 9.97. The molecular weight excluding hydrogens is 432 g/mol. The van der Waals surface area contributed by atoms with Gasteiger partial charge in [-0.3, -0.25) is 19.4 Å². The smallest absolute Gasteiger partial charge is 0.250 e. The van der Waals surface area contributed by atoms with Crippen molar-refractivity contribution < 1.29 is 14.3 Å². The molecule has 4 N–H and O–H groups in total. The highest BCUT2D eigenvalue weighted by Gasteiger charge is 2.64. The Bertz CT molecular complexity index is 1490. The quantitative estimate of drug-likeness (QED) is 0.433. The number of carbonyl (C=O) groups is 2. The molecule has 2 heterocycles. The first kappa shape index (κ1) is 21.4. The van der Waals surface area contributed by atoms with Crippen LogP contribution in [0.25, 0.3) is 22.0 Å². The Morgan fingerprint density at radius 3 is 2.35 bits per heavy atom. The molecule has 4 aromatic rings. The Labute approximate surface area is 194 Å². The van der Waals surface area contributed by atoms with E-state index in [0.717, 1.165) is 27.6 Å². The molecule has 8 heteroatoms. The molecule has 34 heavy (non-hydrogen) atoms. The van der Waals surface area contributed by atoms with Gasteiger partial charge in [-0.2, -0.15) is 0 Å². The summed E-state index contributed by atoms with van der Waals surface area (Å²) in [6.45, 7) is 0. The Hall–Kier alpha value is -4.46. The summed E-state index contributed by atoms with van der Waals surface area (Å²) in [6.07, 6.45) is 3.79. The maximum Gasteiger partial charge on any atom is 0.250 e. The number of ether oxygens (including phenoxy) is 1. The van der Waals surface area contributed by atoms with Crippen molar-refractivity contribution in [2.24, 2.45) is 23.9 Å². The summed E-state index contributed by atoms with van der Waals surface area (Å²) in [7, 11) is 1.72. The lowest BCUT2D eigenvalue weighted by Crippen LogP contribution is -2.38. The lowest BCUT2D eigenvalue weighted by molar-refractivity contribution is -0.133. The van der Waals surface area contributed by atoms with Crippen LogP contribution in [-0.2, 0) is 16.6 Å². The number of primary amides is 2. The molecule has 0 bridgehead atoms. The van der Waals surface area contributed by atoms with Crippen LogP contribution in [0.3, 0.4) is 0 Å². The third kappa shape index (κ3) is 3.49. The highest BCUT2D eigenvalue weighted by atomic mass is 16.5. The molecule has 1 aliphatic carbocycles. The van der Waals surface area contributed by atoms with Crippen molar-refractivity contribution in [1.82, 2.24) is 9.55 Å². The van der Waals surface area contributed by atoms with Crippen molar-refractivity contribution in [3.8, 4) is 22.6 Å². The van der Waals surface area contributed by atoms with Crippen LogP contribution in [0.5, 0.6) is 11.5 Å². The zero-order valence-corrected chi connectivity index (χ0v) is 18.4. The van der Waals surface area contributed by atoms with Crippen LogP contribution in [0.4, 0.5) is 0 Å². The van der Waals surface area contributed by atoms with E-state index in [0.29, 0.717) is 17.9 Å². The molecule has 5 rings (SSSR count). The van der Waals surface area contributed by atoms with Crippen LogP contribution >= 0.6 is 0 Å². The minimum absolute atomic E-state index is 0.0685. The van der Waals surface area contributed by atoms with Crippen molar-refractivity contribution in [2.45, 2.75) is 12.3 Å². The maximum absolute atomic E-state index is 11.8. The minimum atomic E-state index is -1.30. The molecule has 1 saturated carbocycles. The molecule has 0 spiro atoms. The average Bonchev–Trinajstić information content (AvgIpc) is 3.59. The highest BCUT2D eigenvalue weighted by molar-refractivity contribution is 6.08. The number of carbonyl (C=O) groups excluding carboxylic acids is 2. The molecule has 2 aromatic carbocycles. The first-order valence-corrected chi connectivity index (χ1v) is 10.7. The standard InChI is InChI=1S/C26H22N4O4/c1-30-14-17(5-9-23(30)31)16-4-8-19-21(12-16)29-11-10-22(19)34-18-6-2-15(3-7-18)20-13-26(20,24(27)32)25(28)33/h2-12,14,20H,13H2,1H3,(H2,27,32)(H2,28,33). The molecule has 1 atom stereocenters. The predicted molar refractivity (Wildman–Crippen MR) is 127 cm³/mol. The summed E-state index contributed by atoms with van der Waals surface area (Å²) < 4.78 is 7.64. The van der Waals surface area contributed by atoms with Crippen molar-refractivity contribution in [2.75, 3.05) is 0 Å². The number of aromatic nitrogens is 2. The third-order valence-corrected chi connectivity index (χ3v) is 6.47. The SMILES string of the molecule is Cn1cc(-c2ccc3c(Oc4ccc(C5CC5(C(N)=O)C(N)=O)cc4)ccnc3c2)ccc1=O. The highest BCUT2D eigenvalue weighted by Crippen LogP contribution is 2.59. The van der Waals surface area contributed by atoms with E-state index in [-0.39, 0.29) is 11.5 Å². The van der Waals surface area contributed by atoms with Crippen LogP contribution < -0.4 is 21.8 Å². The second-order valence-electron chi connectivity index (χ2n) is 8.54. The van der Waals surface area contributed by atoms with E-state index in [9.17, 15) is 14.4 Å². The average molecular weight is 454 g/mol. The topological polar surface area (TPSA) is 130 Å². The number of hydrogen-bond donors (Lipinski definition) is 2. The Balaban J connectivity index is 1.40. The molecule has 0 aliphatic heterocycles. The molecule has 2 aromatic heterocycles. The van der Waals surface area contributed by atoms with Gasteiger partial charge in [0.05, 0.1) is 5.52 Å². The van der Waals surface area contributed by atoms with E-state index in [2.05, 4.69) is 4.98 Å². The number of amides is 2. The molecule has 1 unspecified atom stereocenters. The van der Waals surface area contributed by atoms with Gasteiger partial charge in [0, 0.05) is 36.8 Å². The van der Waals surface area contributed by atoms with Gasteiger partial charge in [-0.1, -0.05) is 18.2 Å². The van der Waals surface area contributed by atoms with Crippen molar-refractivity contribution in [1.29, 1.82) is 0 Å². The summed E-state index contributed by atoms with van der Waals surface area (Å²) in [5, 5.41) is 0.837. The van der Waals surface area contributed by atoms with Crippen molar-refractivity contribution >= 4 is 22.7 Å². The summed E-state index contributed by atoms with van der Waals surface area (Å²) in [4.78, 5) is 39.7. The van der Waals surface area contributed by atoms with E-state index in [1.54, 1.807) is 43.7 Å². The zero-order chi connectivity index (χ0) is 24.0. The van der Waals surface area contributed by atoms with E-state index in [1.807, 2.05) is 30.3 Å². The molecule has 8 nitrogen and oxygen atoms in total. The van der Waals surface area contributed by atoms with Gasteiger partial charge in [-0.25, -0.2) is 0 Å². The number of hydrogen-bond acceptors (Lipinski definition) is 5. The molecule has 1 fully saturated rings. The molecule has 1 aliphatic rings. The Kier molecular flexibility index (Phi) is 4.93. The Morgan fingerprint density at radius 2 is 1.71 bits per heavy atom. The predicted octanol–water partition coefficient (Wildman–Crippen LogP) is 2.84. The monoisotopic (exact) mass is 454 g/mol. The number of benzene rings is 2. The summed E-state index contributed by atoms with van der Waals surface area (Å²) >= 11 is 0.